The molecule has 0 aliphatic heterocycles. The van der Waals surface area contributed by atoms with Gasteiger partial charge in [-0.05, 0) is 32.0 Å². The van der Waals surface area contributed by atoms with E-state index < -0.39 is 41.0 Å². The summed E-state index contributed by atoms with van der Waals surface area (Å²) in [6.07, 6.45) is -7.27. The van der Waals surface area contributed by atoms with Crippen LogP contribution >= 0.6 is 0 Å². The van der Waals surface area contributed by atoms with Crippen molar-refractivity contribution in [3.63, 3.8) is 0 Å². The van der Waals surface area contributed by atoms with Crippen LogP contribution < -0.4 is 5.32 Å². The van der Waals surface area contributed by atoms with E-state index in [9.17, 15) is 31.1 Å². The first-order valence-electron chi connectivity index (χ1n) is 7.27. The number of benzene rings is 1. The normalized spacial score (nSPS) is 13.4. The second-order valence-corrected chi connectivity index (χ2v) is 5.57. The van der Waals surface area contributed by atoms with Gasteiger partial charge < -0.3 is 5.32 Å². The Kier molecular flexibility index (Phi) is 5.24. The second kappa shape index (κ2) is 6.93. The number of carbonyl (C=O) groups excluding carboxylic acids is 1. The lowest BCUT2D eigenvalue weighted by Gasteiger charge is -2.16. The van der Waals surface area contributed by atoms with Gasteiger partial charge in [0.25, 0.3) is 5.91 Å². The van der Waals surface area contributed by atoms with Gasteiger partial charge in [0.2, 0.25) is 0 Å². The van der Waals surface area contributed by atoms with E-state index >= 15 is 0 Å². The summed E-state index contributed by atoms with van der Waals surface area (Å²) in [4.78, 5) is 20.1. The third kappa shape index (κ3) is 4.70. The van der Waals surface area contributed by atoms with Gasteiger partial charge in [-0.25, -0.2) is 0 Å². The van der Waals surface area contributed by atoms with E-state index in [4.69, 9.17) is 0 Å². The lowest BCUT2D eigenvalue weighted by Crippen LogP contribution is -2.28. The van der Waals surface area contributed by atoms with E-state index in [1.807, 2.05) is 0 Å². The van der Waals surface area contributed by atoms with Crippen molar-refractivity contribution in [3.8, 4) is 0 Å². The smallest absolute Gasteiger partial charge is 0.344 e. The molecule has 1 atom stereocenters. The Bertz CT molecular complexity index is 767. The van der Waals surface area contributed by atoms with Crippen LogP contribution in [-0.2, 0) is 12.4 Å². The molecular weight excluding hydrogens is 364 g/mol. The fourth-order valence-electron chi connectivity index (χ4n) is 2.07. The van der Waals surface area contributed by atoms with Gasteiger partial charge in [-0.2, -0.15) is 26.3 Å². The minimum absolute atomic E-state index is 0.0361. The molecule has 0 aliphatic rings. The summed E-state index contributed by atoms with van der Waals surface area (Å²) >= 11 is 0. The molecule has 0 unspecified atom stereocenters. The number of alkyl halides is 6. The number of aryl methyl sites for hydroxylation is 1. The number of amides is 1. The Balaban J connectivity index is 2.34. The van der Waals surface area contributed by atoms with E-state index in [2.05, 4.69) is 15.3 Å². The molecule has 0 spiro atoms. The minimum atomic E-state index is -5.02. The van der Waals surface area contributed by atoms with Crippen molar-refractivity contribution in [2.75, 3.05) is 0 Å². The number of carbonyl (C=O) groups is 1. The van der Waals surface area contributed by atoms with Crippen LogP contribution in [0.25, 0.3) is 0 Å². The highest BCUT2D eigenvalue weighted by Gasteiger charge is 2.37. The highest BCUT2D eigenvalue weighted by molar-refractivity contribution is 5.94. The molecule has 4 nitrogen and oxygen atoms in total. The zero-order valence-corrected chi connectivity index (χ0v) is 13.5. The molecule has 0 saturated carbocycles. The van der Waals surface area contributed by atoms with Crippen LogP contribution in [0.1, 0.15) is 45.8 Å². The maximum absolute atomic E-state index is 12.8. The molecule has 1 aromatic heterocycles. The van der Waals surface area contributed by atoms with Crippen molar-refractivity contribution in [1.29, 1.82) is 0 Å². The van der Waals surface area contributed by atoms with Gasteiger partial charge in [-0.3, -0.25) is 14.8 Å². The highest BCUT2D eigenvalue weighted by Crippen LogP contribution is 2.36. The van der Waals surface area contributed by atoms with E-state index in [0.29, 0.717) is 23.5 Å². The Labute approximate surface area is 144 Å². The molecule has 0 bridgehead atoms. The van der Waals surface area contributed by atoms with Crippen LogP contribution in [0.5, 0.6) is 0 Å². The van der Waals surface area contributed by atoms with Crippen molar-refractivity contribution < 1.29 is 31.1 Å². The van der Waals surface area contributed by atoms with E-state index in [-0.39, 0.29) is 6.07 Å². The maximum Gasteiger partial charge on any atom is 0.416 e. The van der Waals surface area contributed by atoms with Crippen LogP contribution in [0, 0.1) is 6.92 Å². The monoisotopic (exact) mass is 377 g/mol. The fraction of sp³-hybridized carbons (Fsp3) is 0.312. The topological polar surface area (TPSA) is 54.9 Å². The van der Waals surface area contributed by atoms with Crippen LogP contribution in [0.3, 0.4) is 0 Å². The SMILES string of the molecule is Cc1cnc([C@H](C)NC(=O)c2cc(C(F)(F)F)cc(C(F)(F)F)c2)cn1. The van der Waals surface area contributed by atoms with Crippen molar-refractivity contribution >= 4 is 5.91 Å². The molecule has 1 heterocycles. The lowest BCUT2D eigenvalue weighted by molar-refractivity contribution is -0.143. The van der Waals surface area contributed by atoms with Gasteiger partial charge >= 0.3 is 12.4 Å². The maximum atomic E-state index is 12.8. The second-order valence-electron chi connectivity index (χ2n) is 5.57. The van der Waals surface area contributed by atoms with Gasteiger partial charge in [0.1, 0.15) is 0 Å². The van der Waals surface area contributed by atoms with Gasteiger partial charge in [-0.15, -0.1) is 0 Å². The highest BCUT2D eigenvalue weighted by atomic mass is 19.4. The molecule has 1 aromatic carbocycles. The van der Waals surface area contributed by atoms with Gasteiger partial charge in [0, 0.05) is 11.8 Å². The molecule has 0 fully saturated rings. The van der Waals surface area contributed by atoms with E-state index in [1.54, 1.807) is 6.92 Å². The molecular formula is C16H13F6N3O. The molecule has 2 aromatic rings. The Morgan fingerprint density at radius 2 is 1.50 bits per heavy atom. The molecule has 2 rings (SSSR count). The van der Waals surface area contributed by atoms with Crippen molar-refractivity contribution in [2.24, 2.45) is 0 Å². The zero-order chi connectivity index (χ0) is 19.7. The summed E-state index contributed by atoms with van der Waals surface area (Å²) in [5.74, 6) is -1.09. The quantitative estimate of drug-likeness (QED) is 0.811. The van der Waals surface area contributed by atoms with Crippen LogP contribution in [0.15, 0.2) is 30.6 Å². The first-order chi connectivity index (χ1) is 11.9. The molecule has 1 amide bonds. The molecule has 1 N–H and O–H groups in total. The number of nitrogens with one attached hydrogen (secondary N) is 1. The average Bonchev–Trinajstić information content (AvgIpc) is 2.53. The predicted molar refractivity (Wildman–Crippen MR) is 79.1 cm³/mol. The first-order valence-corrected chi connectivity index (χ1v) is 7.27. The summed E-state index contributed by atoms with van der Waals surface area (Å²) < 4.78 is 77.1. The zero-order valence-electron chi connectivity index (χ0n) is 13.5. The number of aromatic nitrogens is 2. The van der Waals surface area contributed by atoms with Gasteiger partial charge in [-0.1, -0.05) is 0 Å². The Morgan fingerprint density at radius 1 is 0.962 bits per heavy atom. The molecule has 0 saturated heterocycles. The van der Waals surface area contributed by atoms with Crippen LogP contribution in [0.2, 0.25) is 0 Å². The van der Waals surface area contributed by atoms with Gasteiger partial charge in [0.15, 0.2) is 0 Å². The Morgan fingerprint density at radius 3 is 1.92 bits per heavy atom. The summed E-state index contributed by atoms with van der Waals surface area (Å²) in [5.41, 5.74) is -2.94. The average molecular weight is 377 g/mol. The summed E-state index contributed by atoms with van der Waals surface area (Å²) in [5, 5.41) is 2.31. The molecule has 0 aliphatic carbocycles. The standard InChI is InChI=1S/C16H13F6N3O/c1-8-6-24-13(7-23-8)9(2)25-14(26)10-3-11(15(17,18)19)5-12(4-10)16(20,21)22/h3-7,9H,1-2H3,(H,25,26)/t9-/m0/s1. The Hall–Kier alpha value is -2.65. The summed E-state index contributed by atoms with van der Waals surface area (Å²) in [6.45, 7) is 3.16. The number of hydrogen-bond acceptors (Lipinski definition) is 3. The molecule has 140 valence electrons. The number of rotatable bonds is 3. The largest absolute Gasteiger partial charge is 0.416 e. The van der Waals surface area contributed by atoms with Crippen LogP contribution in [-0.4, -0.2) is 15.9 Å². The van der Waals surface area contributed by atoms with E-state index in [0.717, 1.165) is 0 Å². The molecule has 26 heavy (non-hydrogen) atoms. The third-order valence-corrected chi connectivity index (χ3v) is 3.44. The number of nitrogens with zero attached hydrogens (tertiary/aromatic N) is 2. The minimum Gasteiger partial charge on any atom is -0.344 e. The fourth-order valence-corrected chi connectivity index (χ4v) is 2.07. The predicted octanol–water partition coefficient (Wildman–Crippen LogP) is 4.31. The molecule has 10 heteroatoms. The van der Waals surface area contributed by atoms with Crippen LogP contribution in [0.4, 0.5) is 26.3 Å². The van der Waals surface area contributed by atoms with Crippen molar-refractivity contribution in [2.45, 2.75) is 32.2 Å². The van der Waals surface area contributed by atoms with E-state index in [1.165, 1.54) is 19.3 Å². The lowest BCUT2D eigenvalue weighted by atomic mass is 10.0. The summed E-state index contributed by atoms with van der Waals surface area (Å²) in [7, 11) is 0. The summed E-state index contributed by atoms with van der Waals surface area (Å²) in [6, 6.07) is -0.0542. The van der Waals surface area contributed by atoms with Crippen molar-refractivity contribution in [3.05, 3.63) is 58.7 Å². The van der Waals surface area contributed by atoms with Crippen molar-refractivity contribution in [1.82, 2.24) is 15.3 Å². The number of halogens is 6. The third-order valence-electron chi connectivity index (χ3n) is 3.44. The first kappa shape index (κ1) is 19.7. The molecule has 0 radical (unpaired) electrons. The number of hydrogen-bond donors (Lipinski definition) is 1. The van der Waals surface area contributed by atoms with Gasteiger partial charge in [0.05, 0.1) is 34.8 Å².